The van der Waals surface area contributed by atoms with Crippen LogP contribution < -0.4 is 10.7 Å². The van der Waals surface area contributed by atoms with Gasteiger partial charge >= 0.3 is 0 Å². The lowest BCUT2D eigenvalue weighted by molar-refractivity contribution is 0.584. The van der Waals surface area contributed by atoms with Crippen LogP contribution in [-0.4, -0.2) is 25.3 Å². The van der Waals surface area contributed by atoms with Crippen molar-refractivity contribution >= 4 is 45.6 Å². The van der Waals surface area contributed by atoms with E-state index in [0.29, 0.717) is 16.4 Å². The fraction of sp³-hybridized carbons (Fsp3) is 0.278. The Balaban J connectivity index is 1.54. The zero-order valence-electron chi connectivity index (χ0n) is 15.2. The van der Waals surface area contributed by atoms with E-state index >= 15 is 0 Å². The smallest absolute Gasteiger partial charge is 0.173 e. The normalized spacial score (nSPS) is 17.8. The summed E-state index contributed by atoms with van der Waals surface area (Å²) < 4.78 is 15.6. The molecular formula is C18H18ClFN6S2. The first-order valence-corrected chi connectivity index (χ1v) is 10.7. The van der Waals surface area contributed by atoms with Gasteiger partial charge in [0, 0.05) is 33.9 Å². The Hall–Kier alpha value is -1.94. The van der Waals surface area contributed by atoms with Crippen molar-refractivity contribution in [3.05, 3.63) is 62.9 Å². The zero-order chi connectivity index (χ0) is 19.8. The zero-order valence-corrected chi connectivity index (χ0v) is 17.6. The maximum absolute atomic E-state index is 14.0. The van der Waals surface area contributed by atoms with Crippen LogP contribution in [0.5, 0.6) is 0 Å². The number of hydrogen-bond acceptors (Lipinski definition) is 7. The number of nitrogens with zero attached hydrogens (tertiary/aromatic N) is 5. The Bertz CT molecular complexity index is 1010. The first-order valence-electron chi connectivity index (χ1n) is 8.60. The van der Waals surface area contributed by atoms with Crippen molar-refractivity contribution < 1.29 is 4.39 Å². The van der Waals surface area contributed by atoms with Gasteiger partial charge in [0.05, 0.1) is 12.5 Å². The molecule has 0 aliphatic carbocycles. The van der Waals surface area contributed by atoms with Crippen LogP contribution in [0.25, 0.3) is 0 Å². The van der Waals surface area contributed by atoms with E-state index in [9.17, 15) is 4.39 Å². The molecule has 146 valence electrons. The summed E-state index contributed by atoms with van der Waals surface area (Å²) in [6.45, 7) is 4.27. The molecule has 4 rings (SSSR count). The summed E-state index contributed by atoms with van der Waals surface area (Å²) in [5.74, 6) is 0.315. The Morgan fingerprint density at radius 1 is 1.36 bits per heavy atom. The third-order valence-electron chi connectivity index (χ3n) is 4.31. The van der Waals surface area contributed by atoms with E-state index in [2.05, 4.69) is 22.1 Å². The van der Waals surface area contributed by atoms with Crippen LogP contribution >= 0.6 is 34.7 Å². The fourth-order valence-corrected chi connectivity index (χ4v) is 4.92. The largest absolute Gasteiger partial charge is 0.301 e. The molecule has 0 amide bonds. The van der Waals surface area contributed by atoms with Gasteiger partial charge in [-0.1, -0.05) is 29.4 Å². The van der Waals surface area contributed by atoms with Gasteiger partial charge in [-0.05, 0) is 26.0 Å². The molecule has 1 aliphatic rings. The molecule has 2 N–H and O–H groups in total. The van der Waals surface area contributed by atoms with Gasteiger partial charge in [0.1, 0.15) is 15.9 Å². The van der Waals surface area contributed by atoms with Crippen molar-refractivity contribution in [2.24, 2.45) is 10.8 Å². The van der Waals surface area contributed by atoms with Crippen molar-refractivity contribution in [1.29, 1.82) is 0 Å². The maximum Gasteiger partial charge on any atom is 0.173 e. The molecule has 10 heteroatoms. The third kappa shape index (κ3) is 3.80. The highest BCUT2D eigenvalue weighted by Crippen LogP contribution is 2.35. The Labute approximate surface area is 175 Å². The van der Waals surface area contributed by atoms with Crippen LogP contribution in [0.2, 0.25) is 5.02 Å². The van der Waals surface area contributed by atoms with Crippen LogP contribution in [0.3, 0.4) is 0 Å². The van der Waals surface area contributed by atoms with E-state index in [0.717, 1.165) is 15.7 Å². The summed E-state index contributed by atoms with van der Waals surface area (Å²) >= 11 is 9.22. The lowest BCUT2D eigenvalue weighted by Gasteiger charge is -2.15. The molecule has 0 saturated carbocycles. The molecule has 0 spiro atoms. The molecule has 1 aromatic carbocycles. The molecule has 6 nitrogen and oxygen atoms in total. The van der Waals surface area contributed by atoms with Crippen LogP contribution in [0.15, 0.2) is 40.9 Å². The van der Waals surface area contributed by atoms with Crippen LogP contribution in [0, 0.1) is 12.7 Å². The topological polar surface area (TPSA) is 72.3 Å². The van der Waals surface area contributed by atoms with Gasteiger partial charge in [-0.2, -0.15) is 10.2 Å². The Morgan fingerprint density at radius 3 is 2.89 bits per heavy atom. The highest BCUT2D eigenvalue weighted by atomic mass is 35.5. The van der Waals surface area contributed by atoms with E-state index < -0.39 is 0 Å². The van der Waals surface area contributed by atoms with Crippen molar-refractivity contribution in [2.75, 3.05) is 5.01 Å². The van der Waals surface area contributed by atoms with Crippen molar-refractivity contribution in [3.63, 3.8) is 0 Å². The highest BCUT2D eigenvalue weighted by Gasteiger charge is 2.31. The number of nitrogens with two attached hydrogens (primary N) is 1. The van der Waals surface area contributed by atoms with Gasteiger partial charge < -0.3 is 5.73 Å². The summed E-state index contributed by atoms with van der Waals surface area (Å²) in [5.41, 5.74) is 7.28. The highest BCUT2D eigenvalue weighted by molar-refractivity contribution is 8.14. The van der Waals surface area contributed by atoms with E-state index in [1.165, 1.54) is 17.8 Å². The molecule has 0 fully saturated rings. The van der Waals surface area contributed by atoms with Crippen LogP contribution in [0.4, 0.5) is 10.2 Å². The molecule has 28 heavy (non-hydrogen) atoms. The molecule has 3 heterocycles. The standard InChI is InChI=1S/C18H18ClFN6S2/c1-10-9-27-16(22-10)11(2)17-24-26(18(21)28-17)15-6-7-25(23-15)8-12-13(19)4-3-5-14(12)20/h3-7,9,11,18H,8,21H2,1-2H3. The Morgan fingerprint density at radius 2 is 2.18 bits per heavy atom. The number of benzene rings is 1. The Kier molecular flexibility index (Phi) is 5.42. The molecule has 2 atom stereocenters. The number of aryl methyl sites for hydroxylation is 1. The first kappa shape index (κ1) is 19.4. The predicted molar refractivity (Wildman–Crippen MR) is 113 cm³/mol. The van der Waals surface area contributed by atoms with Crippen molar-refractivity contribution in [1.82, 2.24) is 14.8 Å². The molecule has 2 aromatic heterocycles. The minimum absolute atomic E-state index is 0.0686. The SMILES string of the molecule is Cc1csc(C(C)C2=NN(c3ccn(Cc4c(F)cccc4Cl)n3)C(N)S2)n1. The number of anilines is 1. The number of hydrogen-bond donors (Lipinski definition) is 1. The molecule has 2 unspecified atom stereocenters. The number of halogens is 2. The van der Waals surface area contributed by atoms with Gasteiger partial charge in [0.25, 0.3) is 0 Å². The minimum atomic E-state index is -0.376. The lowest BCUT2D eigenvalue weighted by atomic mass is 10.2. The van der Waals surface area contributed by atoms with E-state index in [-0.39, 0.29) is 23.8 Å². The van der Waals surface area contributed by atoms with Crippen LogP contribution in [0.1, 0.15) is 29.1 Å². The monoisotopic (exact) mass is 436 g/mol. The van der Waals surface area contributed by atoms with Gasteiger partial charge in [-0.3, -0.25) is 4.68 Å². The van der Waals surface area contributed by atoms with Gasteiger partial charge in [0.2, 0.25) is 0 Å². The first-order chi connectivity index (χ1) is 13.4. The summed E-state index contributed by atoms with van der Waals surface area (Å²) in [6.07, 6.45) is 1.76. The summed E-state index contributed by atoms with van der Waals surface area (Å²) in [6, 6.07) is 6.43. The summed E-state index contributed by atoms with van der Waals surface area (Å²) in [4.78, 5) is 4.54. The van der Waals surface area contributed by atoms with Crippen molar-refractivity contribution in [2.45, 2.75) is 31.8 Å². The van der Waals surface area contributed by atoms with Gasteiger partial charge in [-0.15, -0.1) is 11.3 Å². The minimum Gasteiger partial charge on any atom is -0.301 e. The van der Waals surface area contributed by atoms with Gasteiger partial charge in [0.15, 0.2) is 11.3 Å². The second kappa shape index (κ2) is 7.82. The van der Waals surface area contributed by atoms with E-state index in [1.807, 2.05) is 12.3 Å². The number of thiazole rings is 1. The number of hydrazone groups is 1. The third-order valence-corrected chi connectivity index (χ3v) is 6.93. The molecule has 0 bridgehead atoms. The molecule has 0 radical (unpaired) electrons. The summed E-state index contributed by atoms with van der Waals surface area (Å²) in [7, 11) is 0. The van der Waals surface area contributed by atoms with E-state index in [1.54, 1.807) is 45.4 Å². The average molecular weight is 437 g/mol. The average Bonchev–Trinajstić information content (AvgIpc) is 3.37. The molecule has 1 aliphatic heterocycles. The van der Waals surface area contributed by atoms with Crippen LogP contribution in [-0.2, 0) is 6.54 Å². The lowest BCUT2D eigenvalue weighted by Crippen LogP contribution is -2.32. The van der Waals surface area contributed by atoms with Gasteiger partial charge in [-0.25, -0.2) is 14.4 Å². The fourth-order valence-electron chi connectivity index (χ4n) is 2.81. The maximum atomic E-state index is 14.0. The number of thioether (sulfide) groups is 1. The summed E-state index contributed by atoms with van der Waals surface area (Å²) in [5, 5.41) is 15.1. The van der Waals surface area contributed by atoms with E-state index in [4.69, 9.17) is 17.3 Å². The predicted octanol–water partition coefficient (Wildman–Crippen LogP) is 4.40. The second-order valence-electron chi connectivity index (χ2n) is 6.41. The quantitative estimate of drug-likeness (QED) is 0.641. The molecule has 0 saturated heterocycles. The van der Waals surface area contributed by atoms with Crippen molar-refractivity contribution in [3.8, 4) is 0 Å². The number of rotatable bonds is 5. The number of aromatic nitrogens is 3. The molecular weight excluding hydrogens is 419 g/mol. The second-order valence-corrected chi connectivity index (χ2v) is 8.85. The molecule has 3 aromatic rings.